The van der Waals surface area contributed by atoms with E-state index in [1.807, 2.05) is 13.8 Å². The lowest BCUT2D eigenvalue weighted by atomic mass is 9.75. The molecule has 30 heavy (non-hydrogen) atoms. The number of benzene rings is 1. The Morgan fingerprint density at radius 2 is 1.73 bits per heavy atom. The van der Waals surface area contributed by atoms with Crippen LogP contribution in [0.2, 0.25) is 0 Å². The molecule has 7 heteroatoms. The molecule has 1 aromatic rings. The number of sulfonamides is 1. The topological polar surface area (TPSA) is 75.7 Å². The van der Waals surface area contributed by atoms with E-state index < -0.39 is 16.1 Å². The van der Waals surface area contributed by atoms with Gasteiger partial charge in [-0.05, 0) is 67.7 Å². The average Bonchev–Trinajstić information content (AvgIpc) is 2.68. The molecule has 0 unspecified atom stereocenters. The van der Waals surface area contributed by atoms with Gasteiger partial charge in [-0.3, -0.25) is 5.32 Å². The molecule has 1 aliphatic carbocycles. The normalized spacial score (nSPS) is 22.3. The number of amides is 1. The van der Waals surface area contributed by atoms with Gasteiger partial charge in [0, 0.05) is 18.8 Å². The Bertz CT molecular complexity index is 771. The molecule has 0 aliphatic heterocycles. The van der Waals surface area contributed by atoms with Gasteiger partial charge in [0.1, 0.15) is 6.10 Å². The van der Waals surface area contributed by atoms with Crippen molar-refractivity contribution in [2.45, 2.75) is 77.7 Å². The van der Waals surface area contributed by atoms with E-state index >= 15 is 0 Å². The zero-order valence-electron chi connectivity index (χ0n) is 19.1. The van der Waals surface area contributed by atoms with Gasteiger partial charge in [0.05, 0.1) is 4.90 Å². The monoisotopic (exact) mass is 438 g/mol. The molecule has 1 aliphatic rings. The van der Waals surface area contributed by atoms with E-state index in [4.69, 9.17) is 4.74 Å². The SMILES string of the molecule is CCCN(CCC)S(=O)(=O)c1ccc(NC(=O)O[C@@H]2C[C@@H](C)CC[C@@H]2C(C)C)cc1. The molecule has 0 aromatic heterocycles. The first-order chi connectivity index (χ1) is 14.2. The van der Waals surface area contributed by atoms with Gasteiger partial charge in [-0.25, -0.2) is 13.2 Å². The van der Waals surface area contributed by atoms with Crippen molar-refractivity contribution in [2.75, 3.05) is 18.4 Å². The molecule has 0 saturated heterocycles. The molecule has 1 fully saturated rings. The van der Waals surface area contributed by atoms with E-state index in [1.54, 1.807) is 24.3 Å². The number of hydrogen-bond donors (Lipinski definition) is 1. The molecule has 0 radical (unpaired) electrons. The minimum absolute atomic E-state index is 0.0787. The van der Waals surface area contributed by atoms with Gasteiger partial charge in [-0.1, -0.05) is 41.0 Å². The van der Waals surface area contributed by atoms with Gasteiger partial charge in [0.2, 0.25) is 10.0 Å². The number of carbonyl (C=O) groups excluding carboxylic acids is 1. The van der Waals surface area contributed by atoms with Gasteiger partial charge >= 0.3 is 6.09 Å². The molecule has 6 nitrogen and oxygen atoms in total. The fraction of sp³-hybridized carbons (Fsp3) is 0.696. The molecule has 3 atom stereocenters. The summed E-state index contributed by atoms with van der Waals surface area (Å²) >= 11 is 0. The summed E-state index contributed by atoms with van der Waals surface area (Å²) in [7, 11) is -3.53. The largest absolute Gasteiger partial charge is 0.446 e. The predicted octanol–water partition coefficient (Wildman–Crippen LogP) is 5.51. The predicted molar refractivity (Wildman–Crippen MR) is 121 cm³/mol. The first kappa shape index (κ1) is 24.7. The fourth-order valence-corrected chi connectivity index (χ4v) is 5.87. The zero-order valence-corrected chi connectivity index (χ0v) is 19.9. The highest BCUT2D eigenvalue weighted by Crippen LogP contribution is 2.35. The Hall–Kier alpha value is -1.60. The first-order valence-electron chi connectivity index (χ1n) is 11.3. The van der Waals surface area contributed by atoms with Crippen LogP contribution in [0.25, 0.3) is 0 Å². The van der Waals surface area contributed by atoms with Crippen LogP contribution in [0.15, 0.2) is 29.2 Å². The Balaban J connectivity index is 2.03. The van der Waals surface area contributed by atoms with Crippen LogP contribution in [0.4, 0.5) is 10.5 Å². The van der Waals surface area contributed by atoms with Gasteiger partial charge in [-0.2, -0.15) is 4.31 Å². The fourth-order valence-electron chi connectivity index (χ4n) is 4.25. The van der Waals surface area contributed by atoms with Crippen molar-refractivity contribution in [3.63, 3.8) is 0 Å². The number of rotatable bonds is 9. The van der Waals surface area contributed by atoms with Crippen molar-refractivity contribution in [1.29, 1.82) is 0 Å². The highest BCUT2D eigenvalue weighted by Gasteiger charge is 2.33. The number of nitrogens with zero attached hydrogens (tertiary/aromatic N) is 1. The Morgan fingerprint density at radius 3 is 2.27 bits per heavy atom. The second-order valence-electron chi connectivity index (χ2n) is 8.82. The van der Waals surface area contributed by atoms with E-state index in [-0.39, 0.29) is 11.0 Å². The van der Waals surface area contributed by atoms with Gasteiger partial charge in [-0.15, -0.1) is 0 Å². The molecular weight excluding hydrogens is 400 g/mol. The van der Waals surface area contributed by atoms with E-state index in [0.717, 1.165) is 25.7 Å². The summed E-state index contributed by atoms with van der Waals surface area (Å²) in [5.74, 6) is 1.40. The molecule has 170 valence electrons. The van der Waals surface area contributed by atoms with Crippen molar-refractivity contribution in [1.82, 2.24) is 4.31 Å². The molecular formula is C23H38N2O4S. The molecule has 1 amide bonds. The van der Waals surface area contributed by atoms with E-state index in [1.165, 1.54) is 10.7 Å². The third-order valence-electron chi connectivity index (χ3n) is 5.90. The minimum Gasteiger partial charge on any atom is -0.446 e. The summed E-state index contributed by atoms with van der Waals surface area (Å²) in [6.45, 7) is 11.5. The maximum atomic E-state index is 12.9. The lowest BCUT2D eigenvalue weighted by Gasteiger charge is -2.36. The lowest BCUT2D eigenvalue weighted by Crippen LogP contribution is -2.37. The van der Waals surface area contributed by atoms with Crippen LogP contribution >= 0.6 is 0 Å². The second kappa shape index (κ2) is 11.1. The van der Waals surface area contributed by atoms with E-state index in [2.05, 4.69) is 26.1 Å². The summed E-state index contributed by atoms with van der Waals surface area (Å²) in [6, 6.07) is 6.33. The van der Waals surface area contributed by atoms with Gasteiger partial charge in [0.25, 0.3) is 0 Å². The van der Waals surface area contributed by atoms with E-state index in [9.17, 15) is 13.2 Å². The van der Waals surface area contributed by atoms with Crippen LogP contribution < -0.4 is 5.32 Å². The number of carbonyl (C=O) groups is 1. The standard InChI is InChI=1S/C23H38N2O4S/c1-6-14-25(15-7-2)30(27,28)20-11-9-19(10-12-20)24-23(26)29-22-16-18(5)8-13-21(22)17(3)4/h9-12,17-18,21-22H,6-8,13-16H2,1-5H3,(H,24,26)/t18-,21+,22+/m0/s1. The van der Waals surface area contributed by atoms with Crippen LogP contribution in [0.3, 0.4) is 0 Å². The minimum atomic E-state index is -3.53. The second-order valence-corrected chi connectivity index (χ2v) is 10.8. The third-order valence-corrected chi connectivity index (χ3v) is 7.82. The quantitative estimate of drug-likeness (QED) is 0.552. The van der Waals surface area contributed by atoms with Crippen molar-refractivity contribution in [2.24, 2.45) is 17.8 Å². The summed E-state index contributed by atoms with van der Waals surface area (Å²) in [6.07, 6.45) is 4.11. The molecule has 1 N–H and O–H groups in total. The molecule has 0 bridgehead atoms. The van der Waals surface area contributed by atoms with Gasteiger partial charge in [0.15, 0.2) is 0 Å². The van der Waals surface area contributed by atoms with Crippen molar-refractivity contribution in [3.05, 3.63) is 24.3 Å². The Labute approximate surface area is 182 Å². The average molecular weight is 439 g/mol. The smallest absolute Gasteiger partial charge is 0.411 e. The van der Waals surface area contributed by atoms with Crippen molar-refractivity contribution < 1.29 is 17.9 Å². The van der Waals surface area contributed by atoms with E-state index in [0.29, 0.717) is 36.5 Å². The van der Waals surface area contributed by atoms with Crippen LogP contribution in [0.1, 0.15) is 66.7 Å². The van der Waals surface area contributed by atoms with Gasteiger partial charge < -0.3 is 4.74 Å². The summed E-state index contributed by atoms with van der Waals surface area (Å²) < 4.78 is 33.0. The number of anilines is 1. The van der Waals surface area contributed by atoms with Crippen molar-refractivity contribution in [3.8, 4) is 0 Å². The molecule has 2 rings (SSSR count). The number of hydrogen-bond acceptors (Lipinski definition) is 4. The lowest BCUT2D eigenvalue weighted by molar-refractivity contribution is 0.0126. The van der Waals surface area contributed by atoms with Crippen LogP contribution in [0.5, 0.6) is 0 Å². The third kappa shape index (κ3) is 6.45. The maximum Gasteiger partial charge on any atom is 0.411 e. The zero-order chi connectivity index (χ0) is 22.3. The first-order valence-corrected chi connectivity index (χ1v) is 12.7. The van der Waals surface area contributed by atoms with Crippen molar-refractivity contribution >= 4 is 21.8 Å². The summed E-state index contributed by atoms with van der Waals surface area (Å²) in [5, 5.41) is 2.75. The highest BCUT2D eigenvalue weighted by molar-refractivity contribution is 7.89. The Morgan fingerprint density at radius 1 is 1.13 bits per heavy atom. The number of ether oxygens (including phenoxy) is 1. The molecule has 0 heterocycles. The van der Waals surface area contributed by atoms with Crippen LogP contribution in [-0.4, -0.2) is 38.0 Å². The summed E-state index contributed by atoms with van der Waals surface area (Å²) in [5.41, 5.74) is 0.529. The highest BCUT2D eigenvalue weighted by atomic mass is 32.2. The Kier molecular flexibility index (Phi) is 9.16. The van der Waals surface area contributed by atoms with Crippen LogP contribution in [-0.2, 0) is 14.8 Å². The summed E-state index contributed by atoms with van der Waals surface area (Å²) in [4.78, 5) is 12.7. The molecule has 1 saturated carbocycles. The number of nitrogens with one attached hydrogen (secondary N) is 1. The molecule has 0 spiro atoms. The maximum absolute atomic E-state index is 12.9. The van der Waals surface area contributed by atoms with Crippen LogP contribution in [0, 0.1) is 17.8 Å². The molecule has 1 aromatic carbocycles.